The van der Waals surface area contributed by atoms with E-state index >= 15 is 0 Å². The summed E-state index contributed by atoms with van der Waals surface area (Å²) in [6, 6.07) is 71.0. The molecule has 0 saturated heterocycles. The summed E-state index contributed by atoms with van der Waals surface area (Å²) in [5.74, 6) is 0. The van der Waals surface area contributed by atoms with Crippen LogP contribution >= 0.6 is 23.5 Å². The zero-order valence-electron chi connectivity index (χ0n) is 29.2. The summed E-state index contributed by atoms with van der Waals surface area (Å²) in [6.07, 6.45) is 0. The Labute approximate surface area is 320 Å². The molecule has 1 aliphatic carbocycles. The lowest BCUT2D eigenvalue weighted by atomic mass is 9.74. The van der Waals surface area contributed by atoms with E-state index in [4.69, 9.17) is 0 Å². The Morgan fingerprint density at radius 3 is 1.47 bits per heavy atom. The van der Waals surface area contributed by atoms with E-state index in [2.05, 4.69) is 206 Å². The highest BCUT2D eigenvalue weighted by molar-refractivity contribution is 8.05. The molecule has 8 aromatic carbocycles. The molecule has 1 nitrogen and oxygen atoms in total. The van der Waals surface area contributed by atoms with Crippen molar-refractivity contribution in [2.75, 3.05) is 4.90 Å². The SMILES string of the molecule is CC1(c2ccccc2)c2cc(N(c3ccc(-c4ccccc4)cc3)c3ccc(-c4ccccc4)cc3)ccc2-c2c1ccc1c2Sc2ccccc2S1. The van der Waals surface area contributed by atoms with Gasteiger partial charge in [0.15, 0.2) is 0 Å². The van der Waals surface area contributed by atoms with Gasteiger partial charge in [-0.2, -0.15) is 0 Å². The van der Waals surface area contributed by atoms with E-state index in [1.807, 2.05) is 23.5 Å². The van der Waals surface area contributed by atoms with Crippen molar-refractivity contribution in [2.45, 2.75) is 31.9 Å². The fourth-order valence-electron chi connectivity index (χ4n) is 8.12. The number of benzene rings is 8. The Hall–Kier alpha value is -5.74. The molecule has 0 aromatic heterocycles. The highest BCUT2D eigenvalue weighted by atomic mass is 32.2. The fourth-order valence-corrected chi connectivity index (χ4v) is 10.5. The summed E-state index contributed by atoms with van der Waals surface area (Å²) in [6.45, 7) is 2.42. The number of hydrogen-bond acceptors (Lipinski definition) is 3. The number of hydrogen-bond donors (Lipinski definition) is 0. The van der Waals surface area contributed by atoms with Crippen LogP contribution in [0.5, 0.6) is 0 Å². The molecule has 1 atom stereocenters. The first-order chi connectivity index (χ1) is 26.1. The van der Waals surface area contributed by atoms with Crippen LogP contribution < -0.4 is 4.90 Å². The standard InChI is InChI=1S/C50H35NS2/c1-50(38-17-9-4-10-18-38)43-31-32-47-49(53-46-20-12-11-19-45(46)52-47)48(43)42-30-29-41(33-44(42)50)51(39-25-21-36(22-26-39)34-13-5-2-6-14-34)40-27-23-37(24-28-40)35-15-7-3-8-16-35/h2-33H,1H3. The summed E-state index contributed by atoms with van der Waals surface area (Å²) in [7, 11) is 0. The van der Waals surface area contributed by atoms with Crippen LogP contribution in [0.15, 0.2) is 214 Å². The highest BCUT2D eigenvalue weighted by Crippen LogP contribution is 2.60. The van der Waals surface area contributed by atoms with E-state index in [0.29, 0.717) is 0 Å². The minimum atomic E-state index is -0.334. The van der Waals surface area contributed by atoms with Crippen molar-refractivity contribution < 1.29 is 0 Å². The molecule has 0 spiro atoms. The van der Waals surface area contributed by atoms with Crippen LogP contribution in [0.2, 0.25) is 0 Å². The predicted molar refractivity (Wildman–Crippen MR) is 224 cm³/mol. The Morgan fingerprint density at radius 1 is 0.396 bits per heavy atom. The molecule has 8 aromatic rings. The molecule has 0 radical (unpaired) electrons. The quantitative estimate of drug-likeness (QED) is 0.169. The minimum absolute atomic E-state index is 0.334. The van der Waals surface area contributed by atoms with Crippen molar-refractivity contribution in [3.63, 3.8) is 0 Å². The second-order valence-corrected chi connectivity index (χ2v) is 16.0. The number of fused-ring (bicyclic) bond motifs is 6. The first-order valence-corrected chi connectivity index (χ1v) is 19.7. The lowest BCUT2D eigenvalue weighted by Crippen LogP contribution is -2.23. The van der Waals surface area contributed by atoms with Crippen molar-refractivity contribution >= 4 is 40.6 Å². The van der Waals surface area contributed by atoms with Gasteiger partial charge >= 0.3 is 0 Å². The maximum Gasteiger partial charge on any atom is 0.0465 e. The third-order valence-corrected chi connectivity index (χ3v) is 13.4. The van der Waals surface area contributed by atoms with Gasteiger partial charge in [-0.25, -0.2) is 0 Å². The summed E-state index contributed by atoms with van der Waals surface area (Å²) >= 11 is 3.81. The number of rotatable bonds is 6. The molecule has 1 heterocycles. The van der Waals surface area contributed by atoms with Gasteiger partial charge in [0.25, 0.3) is 0 Å². The third kappa shape index (κ3) is 5.42. The first-order valence-electron chi connectivity index (χ1n) is 18.1. The Kier molecular flexibility index (Phi) is 7.86. The number of nitrogens with zero attached hydrogens (tertiary/aromatic N) is 1. The Morgan fingerprint density at radius 2 is 0.887 bits per heavy atom. The van der Waals surface area contributed by atoms with Gasteiger partial charge in [-0.15, -0.1) is 0 Å². The zero-order chi connectivity index (χ0) is 35.4. The maximum absolute atomic E-state index is 2.46. The van der Waals surface area contributed by atoms with E-state index in [1.165, 1.54) is 69.7 Å². The molecule has 0 fully saturated rings. The summed E-state index contributed by atoms with van der Waals surface area (Å²) in [5, 5.41) is 0. The second-order valence-electron chi connectivity index (χ2n) is 13.8. The zero-order valence-corrected chi connectivity index (χ0v) is 30.9. The van der Waals surface area contributed by atoms with Gasteiger partial charge in [-0.05, 0) is 106 Å². The van der Waals surface area contributed by atoms with Crippen molar-refractivity contribution in [1.82, 2.24) is 0 Å². The summed E-state index contributed by atoms with van der Waals surface area (Å²) < 4.78 is 0. The van der Waals surface area contributed by atoms with Gasteiger partial charge in [0.1, 0.15) is 0 Å². The van der Waals surface area contributed by atoms with Gasteiger partial charge < -0.3 is 4.90 Å². The molecular formula is C50H35NS2. The monoisotopic (exact) mass is 713 g/mol. The van der Waals surface area contributed by atoms with Gasteiger partial charge in [0.2, 0.25) is 0 Å². The molecule has 2 aliphatic rings. The second kappa shape index (κ2) is 13.0. The van der Waals surface area contributed by atoms with E-state index in [-0.39, 0.29) is 5.41 Å². The molecule has 252 valence electrons. The molecular weight excluding hydrogens is 679 g/mol. The Balaban J connectivity index is 1.15. The summed E-state index contributed by atoms with van der Waals surface area (Å²) in [4.78, 5) is 7.77. The topological polar surface area (TPSA) is 3.24 Å². The van der Waals surface area contributed by atoms with E-state index in [1.54, 1.807) is 0 Å². The first kappa shape index (κ1) is 32.0. The number of anilines is 3. The van der Waals surface area contributed by atoms with Crippen molar-refractivity contribution in [3.8, 4) is 33.4 Å². The van der Waals surface area contributed by atoms with Crippen LogP contribution in [0.25, 0.3) is 33.4 Å². The van der Waals surface area contributed by atoms with Crippen LogP contribution in [0.3, 0.4) is 0 Å². The molecule has 53 heavy (non-hydrogen) atoms. The van der Waals surface area contributed by atoms with Crippen molar-refractivity contribution in [1.29, 1.82) is 0 Å². The predicted octanol–water partition coefficient (Wildman–Crippen LogP) is 14.4. The molecule has 3 heteroatoms. The molecule has 0 amide bonds. The van der Waals surface area contributed by atoms with Crippen LogP contribution in [-0.2, 0) is 5.41 Å². The Bertz CT molecular complexity index is 2520. The van der Waals surface area contributed by atoms with E-state index in [0.717, 1.165) is 17.1 Å². The van der Waals surface area contributed by atoms with E-state index in [9.17, 15) is 0 Å². The largest absolute Gasteiger partial charge is 0.310 e. The van der Waals surface area contributed by atoms with E-state index < -0.39 is 0 Å². The molecule has 0 saturated carbocycles. The lowest BCUT2D eigenvalue weighted by Gasteiger charge is -2.31. The highest BCUT2D eigenvalue weighted by Gasteiger charge is 2.43. The van der Waals surface area contributed by atoms with Gasteiger partial charge in [-0.3, -0.25) is 0 Å². The normalized spacial score (nSPS) is 15.2. The lowest BCUT2D eigenvalue weighted by molar-refractivity contribution is 0.712. The van der Waals surface area contributed by atoms with Gasteiger partial charge in [0.05, 0.1) is 0 Å². The van der Waals surface area contributed by atoms with Gasteiger partial charge in [-0.1, -0.05) is 163 Å². The molecule has 10 rings (SSSR count). The smallest absolute Gasteiger partial charge is 0.0465 e. The van der Waals surface area contributed by atoms with Crippen molar-refractivity contribution in [2.24, 2.45) is 0 Å². The molecule has 1 unspecified atom stereocenters. The summed E-state index contributed by atoms with van der Waals surface area (Å²) in [5.41, 5.74) is 14.6. The maximum atomic E-state index is 2.46. The molecule has 0 N–H and O–H groups in total. The van der Waals surface area contributed by atoms with Crippen LogP contribution in [0.1, 0.15) is 23.6 Å². The minimum Gasteiger partial charge on any atom is -0.310 e. The fraction of sp³-hybridized carbons (Fsp3) is 0.0400. The van der Waals surface area contributed by atoms with Crippen molar-refractivity contribution in [3.05, 3.63) is 211 Å². The molecule has 0 bridgehead atoms. The molecule has 1 aliphatic heterocycles. The van der Waals surface area contributed by atoms with Crippen LogP contribution in [0, 0.1) is 0 Å². The van der Waals surface area contributed by atoms with Crippen LogP contribution in [-0.4, -0.2) is 0 Å². The average Bonchev–Trinajstić information content (AvgIpc) is 3.50. The van der Waals surface area contributed by atoms with Gasteiger partial charge in [0, 0.05) is 47.6 Å². The van der Waals surface area contributed by atoms with Crippen LogP contribution in [0.4, 0.5) is 17.1 Å². The third-order valence-electron chi connectivity index (χ3n) is 10.8. The average molecular weight is 714 g/mol.